The molecule has 0 N–H and O–H groups in total. The molecule has 132 valence electrons. The Bertz CT molecular complexity index is 564. The second kappa shape index (κ2) is 7.79. The quantitative estimate of drug-likeness (QED) is 0.776. The molecule has 1 fully saturated rings. The molecule has 1 aliphatic rings. The number of esters is 2. The normalized spacial score (nSPS) is 21.5. The fourth-order valence-electron chi connectivity index (χ4n) is 3.09. The zero-order chi connectivity index (χ0) is 17.7. The van der Waals surface area contributed by atoms with Crippen LogP contribution in [0.3, 0.4) is 0 Å². The first-order chi connectivity index (χ1) is 11.3. The first-order valence-electron chi connectivity index (χ1n) is 8.39. The van der Waals surface area contributed by atoms with Crippen LogP contribution in [-0.4, -0.2) is 41.6 Å². The van der Waals surface area contributed by atoms with Gasteiger partial charge in [-0.1, -0.05) is 30.3 Å². The Morgan fingerprint density at radius 2 is 1.83 bits per heavy atom. The van der Waals surface area contributed by atoms with Gasteiger partial charge in [0.2, 0.25) is 0 Å². The molecule has 0 radical (unpaired) electrons. The molecule has 1 aliphatic heterocycles. The molecule has 0 bridgehead atoms. The Morgan fingerprint density at radius 1 is 1.17 bits per heavy atom. The third-order valence-corrected chi connectivity index (χ3v) is 4.16. The van der Waals surface area contributed by atoms with Crippen molar-refractivity contribution < 1.29 is 19.1 Å². The van der Waals surface area contributed by atoms with Gasteiger partial charge in [0.05, 0.1) is 13.5 Å². The lowest BCUT2D eigenvalue weighted by atomic mass is 10.1. The van der Waals surface area contributed by atoms with Crippen molar-refractivity contribution >= 4 is 11.9 Å². The number of hydrogen-bond acceptors (Lipinski definition) is 5. The van der Waals surface area contributed by atoms with Crippen LogP contribution >= 0.6 is 0 Å². The maximum Gasteiger partial charge on any atom is 0.323 e. The zero-order valence-corrected chi connectivity index (χ0v) is 15.0. The standard InChI is InChI=1S/C19H27NO4/c1-19(2,3)24-18(22)16-11-10-15(12-17(21)23-4)20(16)13-14-8-6-5-7-9-14/h5-9,15-16H,10-13H2,1-4H3/t15-,16?/m1/s1. The van der Waals surface area contributed by atoms with Crippen LogP contribution in [0.1, 0.15) is 45.6 Å². The first kappa shape index (κ1) is 18.5. The molecule has 1 saturated heterocycles. The predicted molar refractivity (Wildman–Crippen MR) is 91.3 cm³/mol. The zero-order valence-electron chi connectivity index (χ0n) is 15.0. The highest BCUT2D eigenvalue weighted by Gasteiger charge is 2.40. The van der Waals surface area contributed by atoms with Crippen molar-refractivity contribution in [2.45, 2.75) is 64.3 Å². The van der Waals surface area contributed by atoms with Crippen molar-refractivity contribution in [1.29, 1.82) is 0 Å². The second-order valence-electron chi connectivity index (χ2n) is 7.22. The van der Waals surface area contributed by atoms with Crippen molar-refractivity contribution in [3.05, 3.63) is 35.9 Å². The lowest BCUT2D eigenvalue weighted by Gasteiger charge is -2.30. The smallest absolute Gasteiger partial charge is 0.323 e. The summed E-state index contributed by atoms with van der Waals surface area (Å²) in [6, 6.07) is 9.64. The molecule has 1 unspecified atom stereocenters. The van der Waals surface area contributed by atoms with Crippen molar-refractivity contribution in [3.8, 4) is 0 Å². The van der Waals surface area contributed by atoms with Gasteiger partial charge in [0, 0.05) is 12.6 Å². The number of hydrogen-bond donors (Lipinski definition) is 0. The van der Waals surface area contributed by atoms with Crippen LogP contribution in [0.2, 0.25) is 0 Å². The van der Waals surface area contributed by atoms with E-state index in [2.05, 4.69) is 4.90 Å². The van der Waals surface area contributed by atoms with Gasteiger partial charge in [-0.05, 0) is 39.2 Å². The molecule has 0 aliphatic carbocycles. The highest BCUT2D eigenvalue weighted by molar-refractivity contribution is 5.77. The van der Waals surface area contributed by atoms with Gasteiger partial charge in [-0.15, -0.1) is 0 Å². The van der Waals surface area contributed by atoms with Crippen molar-refractivity contribution in [2.75, 3.05) is 7.11 Å². The Hall–Kier alpha value is -1.88. The average Bonchev–Trinajstić information content (AvgIpc) is 2.89. The molecule has 1 heterocycles. The summed E-state index contributed by atoms with van der Waals surface area (Å²) in [6.45, 7) is 6.22. The topological polar surface area (TPSA) is 55.8 Å². The van der Waals surface area contributed by atoms with E-state index >= 15 is 0 Å². The number of benzene rings is 1. The molecule has 0 saturated carbocycles. The molecule has 2 atom stereocenters. The molecular formula is C19H27NO4. The van der Waals surface area contributed by atoms with Crippen molar-refractivity contribution in [3.63, 3.8) is 0 Å². The van der Waals surface area contributed by atoms with Crippen LogP contribution in [0.5, 0.6) is 0 Å². The van der Waals surface area contributed by atoms with Gasteiger partial charge in [-0.2, -0.15) is 0 Å². The molecule has 1 aromatic carbocycles. The number of likely N-dealkylation sites (tertiary alicyclic amines) is 1. The van der Waals surface area contributed by atoms with Gasteiger partial charge in [-0.25, -0.2) is 0 Å². The van der Waals surface area contributed by atoms with E-state index in [1.807, 2.05) is 51.1 Å². The summed E-state index contributed by atoms with van der Waals surface area (Å²) < 4.78 is 10.4. The number of carbonyl (C=O) groups is 2. The summed E-state index contributed by atoms with van der Waals surface area (Å²) >= 11 is 0. The Balaban J connectivity index is 2.16. The number of rotatable bonds is 5. The SMILES string of the molecule is COC(=O)C[C@H]1CCC(C(=O)OC(C)(C)C)N1Cc1ccccc1. The summed E-state index contributed by atoms with van der Waals surface area (Å²) in [5.74, 6) is -0.464. The molecule has 0 amide bonds. The Kier molecular flexibility index (Phi) is 5.99. The number of carbonyl (C=O) groups excluding carboxylic acids is 2. The lowest BCUT2D eigenvalue weighted by molar-refractivity contribution is -0.161. The molecule has 5 nitrogen and oxygen atoms in total. The minimum Gasteiger partial charge on any atom is -0.469 e. The molecule has 24 heavy (non-hydrogen) atoms. The van der Waals surface area contributed by atoms with Crippen LogP contribution in [-0.2, 0) is 25.6 Å². The van der Waals surface area contributed by atoms with E-state index in [0.717, 1.165) is 12.0 Å². The van der Waals surface area contributed by atoms with Gasteiger partial charge in [0.25, 0.3) is 0 Å². The van der Waals surface area contributed by atoms with Crippen molar-refractivity contribution in [1.82, 2.24) is 4.90 Å². The molecular weight excluding hydrogens is 306 g/mol. The van der Waals surface area contributed by atoms with Gasteiger partial charge < -0.3 is 9.47 Å². The lowest BCUT2D eigenvalue weighted by Crippen LogP contribution is -2.43. The van der Waals surface area contributed by atoms with Crippen LogP contribution in [0.4, 0.5) is 0 Å². The van der Waals surface area contributed by atoms with E-state index in [-0.39, 0.29) is 24.0 Å². The fourth-order valence-corrected chi connectivity index (χ4v) is 3.09. The predicted octanol–water partition coefficient (Wildman–Crippen LogP) is 2.92. The summed E-state index contributed by atoms with van der Waals surface area (Å²) in [4.78, 5) is 26.4. The van der Waals surface area contributed by atoms with E-state index < -0.39 is 5.60 Å². The minimum atomic E-state index is -0.518. The number of nitrogens with zero attached hydrogens (tertiary/aromatic N) is 1. The van der Waals surface area contributed by atoms with E-state index in [4.69, 9.17) is 9.47 Å². The minimum absolute atomic E-state index is 0.00447. The van der Waals surface area contributed by atoms with Crippen LogP contribution < -0.4 is 0 Å². The average molecular weight is 333 g/mol. The fraction of sp³-hybridized carbons (Fsp3) is 0.579. The van der Waals surface area contributed by atoms with E-state index in [1.54, 1.807) is 0 Å². The van der Waals surface area contributed by atoms with E-state index in [9.17, 15) is 9.59 Å². The summed E-state index contributed by atoms with van der Waals surface area (Å²) in [6.07, 6.45) is 1.78. The van der Waals surface area contributed by atoms with Gasteiger partial charge >= 0.3 is 11.9 Å². The van der Waals surface area contributed by atoms with Gasteiger partial charge in [-0.3, -0.25) is 14.5 Å². The van der Waals surface area contributed by atoms with Crippen LogP contribution in [0, 0.1) is 0 Å². The van der Waals surface area contributed by atoms with E-state index in [0.29, 0.717) is 19.4 Å². The second-order valence-corrected chi connectivity index (χ2v) is 7.22. The van der Waals surface area contributed by atoms with Gasteiger partial charge in [0.1, 0.15) is 11.6 Å². The maximum atomic E-state index is 12.6. The number of ether oxygens (including phenoxy) is 2. The molecule has 0 aromatic heterocycles. The Morgan fingerprint density at radius 3 is 2.42 bits per heavy atom. The highest BCUT2D eigenvalue weighted by Crippen LogP contribution is 2.30. The summed E-state index contributed by atoms with van der Waals surface area (Å²) in [5, 5.41) is 0. The summed E-state index contributed by atoms with van der Waals surface area (Å²) in [5.41, 5.74) is 0.596. The largest absolute Gasteiger partial charge is 0.469 e. The molecule has 1 aromatic rings. The monoisotopic (exact) mass is 333 g/mol. The van der Waals surface area contributed by atoms with Gasteiger partial charge in [0.15, 0.2) is 0 Å². The highest BCUT2D eigenvalue weighted by atomic mass is 16.6. The van der Waals surface area contributed by atoms with Crippen LogP contribution in [0.25, 0.3) is 0 Å². The number of methoxy groups -OCH3 is 1. The third kappa shape index (κ3) is 5.06. The first-order valence-corrected chi connectivity index (χ1v) is 8.39. The van der Waals surface area contributed by atoms with Crippen molar-refractivity contribution in [2.24, 2.45) is 0 Å². The van der Waals surface area contributed by atoms with Crippen LogP contribution in [0.15, 0.2) is 30.3 Å². The molecule has 0 spiro atoms. The maximum absolute atomic E-state index is 12.6. The van der Waals surface area contributed by atoms with E-state index in [1.165, 1.54) is 7.11 Å². The Labute approximate surface area is 143 Å². The third-order valence-electron chi connectivity index (χ3n) is 4.16. The summed E-state index contributed by atoms with van der Waals surface area (Å²) in [7, 11) is 1.39. The molecule has 5 heteroatoms. The molecule has 2 rings (SSSR count).